The molecule has 2 N–H and O–H groups in total. The van der Waals surface area contributed by atoms with Crippen LogP contribution in [-0.2, 0) is 6.42 Å². The number of benzene rings is 1. The van der Waals surface area contributed by atoms with E-state index < -0.39 is 0 Å². The predicted molar refractivity (Wildman–Crippen MR) is 77.0 cm³/mol. The largest absolute Gasteiger partial charge is 0.399 e. The van der Waals surface area contributed by atoms with Crippen LogP contribution in [0.15, 0.2) is 18.2 Å². The zero-order valence-electron chi connectivity index (χ0n) is 11.2. The summed E-state index contributed by atoms with van der Waals surface area (Å²) in [5.74, 6) is 0. The highest BCUT2D eigenvalue weighted by Crippen LogP contribution is 2.31. The number of nitrogen functional groups attached to an aromatic ring is 1. The number of nitrogens with zero attached hydrogens (tertiary/aromatic N) is 2. The minimum Gasteiger partial charge on any atom is -0.399 e. The van der Waals surface area contributed by atoms with Crippen LogP contribution >= 0.6 is 0 Å². The highest BCUT2D eigenvalue weighted by Gasteiger charge is 2.27. The maximum absolute atomic E-state index is 5.93. The first-order chi connectivity index (χ1) is 8.74. The molecule has 2 aliphatic rings. The fourth-order valence-corrected chi connectivity index (χ4v) is 3.35. The lowest BCUT2D eigenvalue weighted by Crippen LogP contribution is -2.37. The number of rotatable bonds is 1. The number of hydrogen-bond acceptors (Lipinski definition) is 3. The Hall–Kier alpha value is -1.22. The zero-order chi connectivity index (χ0) is 12.5. The van der Waals surface area contributed by atoms with E-state index in [4.69, 9.17) is 5.73 Å². The van der Waals surface area contributed by atoms with Gasteiger partial charge in [0.15, 0.2) is 0 Å². The molecule has 0 spiro atoms. The lowest BCUT2D eigenvalue weighted by atomic mass is 10.1. The minimum atomic E-state index is 0.690. The maximum atomic E-state index is 5.93. The van der Waals surface area contributed by atoms with Crippen molar-refractivity contribution >= 4 is 11.4 Å². The fraction of sp³-hybridized carbons (Fsp3) is 0.600. The van der Waals surface area contributed by atoms with E-state index in [1.807, 2.05) is 0 Å². The van der Waals surface area contributed by atoms with Gasteiger partial charge in [0, 0.05) is 30.5 Å². The molecule has 98 valence electrons. The van der Waals surface area contributed by atoms with Crippen LogP contribution < -0.4 is 10.6 Å². The second-order valence-corrected chi connectivity index (χ2v) is 5.74. The summed E-state index contributed by atoms with van der Waals surface area (Å²) < 4.78 is 0. The maximum Gasteiger partial charge on any atom is 0.0429 e. The number of fused-ring (bicyclic) bond motifs is 1. The summed E-state index contributed by atoms with van der Waals surface area (Å²) in [5, 5.41) is 0. The molecule has 0 radical (unpaired) electrons. The summed E-state index contributed by atoms with van der Waals surface area (Å²) in [5.41, 5.74) is 9.71. The summed E-state index contributed by atoms with van der Waals surface area (Å²) in [6.07, 6.45) is 5.06. The van der Waals surface area contributed by atoms with Crippen LogP contribution in [0.4, 0.5) is 11.4 Å². The van der Waals surface area contributed by atoms with Gasteiger partial charge in [-0.25, -0.2) is 0 Å². The van der Waals surface area contributed by atoms with Gasteiger partial charge in [-0.15, -0.1) is 0 Å². The Morgan fingerprint density at radius 2 is 2.11 bits per heavy atom. The molecule has 1 saturated heterocycles. The average molecular weight is 245 g/mol. The summed E-state index contributed by atoms with van der Waals surface area (Å²) in [6.45, 7) is 3.63. The Balaban J connectivity index is 1.91. The highest BCUT2D eigenvalue weighted by molar-refractivity contribution is 5.61. The molecule has 1 aromatic rings. The van der Waals surface area contributed by atoms with Crippen molar-refractivity contribution < 1.29 is 0 Å². The monoisotopic (exact) mass is 245 g/mol. The minimum absolute atomic E-state index is 0.690. The topological polar surface area (TPSA) is 32.5 Å². The molecule has 0 aliphatic carbocycles. The van der Waals surface area contributed by atoms with Crippen molar-refractivity contribution in [2.24, 2.45) is 0 Å². The third-order valence-corrected chi connectivity index (χ3v) is 4.32. The second kappa shape index (κ2) is 4.81. The highest BCUT2D eigenvalue weighted by atomic mass is 15.2. The van der Waals surface area contributed by atoms with Crippen LogP contribution in [0.1, 0.15) is 24.8 Å². The van der Waals surface area contributed by atoms with Crippen molar-refractivity contribution in [2.45, 2.75) is 31.7 Å². The number of likely N-dealkylation sites (N-methyl/N-ethyl adjacent to an activating group) is 1. The number of anilines is 2. The van der Waals surface area contributed by atoms with E-state index in [1.54, 1.807) is 0 Å². The summed E-state index contributed by atoms with van der Waals surface area (Å²) in [4.78, 5) is 5.07. The fourth-order valence-electron chi connectivity index (χ4n) is 3.35. The molecule has 0 bridgehead atoms. The molecule has 0 saturated carbocycles. The van der Waals surface area contributed by atoms with Gasteiger partial charge in [-0.05, 0) is 63.0 Å². The van der Waals surface area contributed by atoms with E-state index in [0.717, 1.165) is 5.69 Å². The molecule has 0 aromatic heterocycles. The van der Waals surface area contributed by atoms with Gasteiger partial charge in [0.2, 0.25) is 0 Å². The van der Waals surface area contributed by atoms with Gasteiger partial charge < -0.3 is 15.5 Å². The van der Waals surface area contributed by atoms with E-state index in [9.17, 15) is 0 Å². The first-order valence-electron chi connectivity index (χ1n) is 7.07. The van der Waals surface area contributed by atoms with Gasteiger partial charge in [0.05, 0.1) is 0 Å². The van der Waals surface area contributed by atoms with Gasteiger partial charge in [0.1, 0.15) is 0 Å². The van der Waals surface area contributed by atoms with Crippen LogP contribution in [0.3, 0.4) is 0 Å². The number of likely N-dealkylation sites (tertiary alicyclic amines) is 1. The molecule has 2 heterocycles. The van der Waals surface area contributed by atoms with E-state index in [2.05, 4.69) is 35.0 Å². The molecule has 18 heavy (non-hydrogen) atoms. The van der Waals surface area contributed by atoms with Gasteiger partial charge >= 0.3 is 0 Å². The standard InChI is InChI=1S/C15H23N3/c1-17-9-7-14(11-17)18-8-3-2-4-12-10-13(16)5-6-15(12)18/h5-6,10,14H,2-4,7-9,11,16H2,1H3. The van der Waals surface area contributed by atoms with Crippen molar-refractivity contribution in [3.8, 4) is 0 Å². The van der Waals surface area contributed by atoms with Gasteiger partial charge in [0.25, 0.3) is 0 Å². The van der Waals surface area contributed by atoms with Crippen LogP contribution in [0.5, 0.6) is 0 Å². The number of hydrogen-bond donors (Lipinski definition) is 1. The van der Waals surface area contributed by atoms with E-state index in [-0.39, 0.29) is 0 Å². The smallest absolute Gasteiger partial charge is 0.0429 e. The SMILES string of the molecule is CN1CCC(N2CCCCc3cc(N)ccc32)C1. The third kappa shape index (κ3) is 2.19. The predicted octanol–water partition coefficient (Wildman–Crippen LogP) is 2.12. The van der Waals surface area contributed by atoms with E-state index in [0.29, 0.717) is 6.04 Å². The number of aryl methyl sites for hydroxylation is 1. The Kier molecular flexibility index (Phi) is 3.16. The van der Waals surface area contributed by atoms with Gasteiger partial charge in [-0.3, -0.25) is 0 Å². The lowest BCUT2D eigenvalue weighted by molar-refractivity contribution is 0.407. The molecule has 3 heteroatoms. The van der Waals surface area contributed by atoms with Crippen LogP contribution in [-0.4, -0.2) is 37.6 Å². The normalized spacial score (nSPS) is 24.9. The average Bonchev–Trinajstić information content (AvgIpc) is 2.67. The molecule has 0 amide bonds. The summed E-state index contributed by atoms with van der Waals surface area (Å²) >= 11 is 0. The molecule has 1 fully saturated rings. The van der Waals surface area contributed by atoms with Crippen LogP contribution in [0, 0.1) is 0 Å². The molecule has 3 rings (SSSR count). The van der Waals surface area contributed by atoms with Crippen molar-refractivity contribution in [2.75, 3.05) is 37.3 Å². The van der Waals surface area contributed by atoms with E-state index in [1.165, 1.54) is 56.6 Å². The van der Waals surface area contributed by atoms with Crippen molar-refractivity contribution in [3.05, 3.63) is 23.8 Å². The van der Waals surface area contributed by atoms with Crippen molar-refractivity contribution in [1.29, 1.82) is 0 Å². The van der Waals surface area contributed by atoms with Crippen molar-refractivity contribution in [3.63, 3.8) is 0 Å². The molecule has 2 aliphatic heterocycles. The molecule has 1 unspecified atom stereocenters. The zero-order valence-corrected chi connectivity index (χ0v) is 11.2. The molecular formula is C15H23N3. The Morgan fingerprint density at radius 1 is 1.22 bits per heavy atom. The second-order valence-electron chi connectivity index (χ2n) is 5.74. The Morgan fingerprint density at radius 3 is 2.89 bits per heavy atom. The quantitative estimate of drug-likeness (QED) is 0.769. The molecule has 3 nitrogen and oxygen atoms in total. The number of nitrogens with two attached hydrogens (primary N) is 1. The van der Waals surface area contributed by atoms with Crippen LogP contribution in [0.25, 0.3) is 0 Å². The van der Waals surface area contributed by atoms with E-state index >= 15 is 0 Å². The Labute approximate surface area is 110 Å². The third-order valence-electron chi connectivity index (χ3n) is 4.32. The molecular weight excluding hydrogens is 222 g/mol. The first kappa shape index (κ1) is 11.8. The van der Waals surface area contributed by atoms with Crippen molar-refractivity contribution in [1.82, 2.24) is 4.90 Å². The summed E-state index contributed by atoms with van der Waals surface area (Å²) in [7, 11) is 2.22. The van der Waals surface area contributed by atoms with Crippen LogP contribution in [0.2, 0.25) is 0 Å². The summed E-state index contributed by atoms with van der Waals surface area (Å²) in [6, 6.07) is 7.15. The lowest BCUT2D eigenvalue weighted by Gasteiger charge is -2.31. The van der Waals surface area contributed by atoms with Gasteiger partial charge in [-0.2, -0.15) is 0 Å². The molecule has 1 atom stereocenters. The van der Waals surface area contributed by atoms with Gasteiger partial charge in [-0.1, -0.05) is 0 Å². The first-order valence-corrected chi connectivity index (χ1v) is 7.07. The Bertz CT molecular complexity index is 430. The molecule has 1 aromatic carbocycles.